The minimum absolute atomic E-state index is 0.186. The second kappa shape index (κ2) is 28.5. The van der Waals surface area contributed by atoms with Crippen molar-refractivity contribution in [1.82, 2.24) is 0 Å². The Bertz CT molecular complexity index is 1240. The molecule has 60 heavy (non-hydrogen) atoms. The molecule has 0 heterocycles. The van der Waals surface area contributed by atoms with E-state index in [-0.39, 0.29) is 51.2 Å². The van der Waals surface area contributed by atoms with Crippen LogP contribution in [0.1, 0.15) is 146 Å². The van der Waals surface area contributed by atoms with Crippen LogP contribution in [0, 0.1) is 10.8 Å². The monoisotopic (exact) mass is 1010 g/mol. The highest BCUT2D eigenvalue weighted by Crippen LogP contribution is 2.37. The summed E-state index contributed by atoms with van der Waals surface area (Å²) in [7, 11) is -3.49. The van der Waals surface area contributed by atoms with Crippen molar-refractivity contribution in [3.63, 3.8) is 0 Å². The fraction of sp³-hybridized carbons (Fsp3) is 0.826. The average Bonchev–Trinajstić information content (AvgIpc) is 3.15. The highest BCUT2D eigenvalue weighted by Gasteiger charge is 2.43. The molecule has 0 radical (unpaired) electrons. The van der Waals surface area contributed by atoms with Crippen LogP contribution in [0.15, 0.2) is 24.3 Å². The Hall–Kier alpha value is -1.33. The van der Waals surface area contributed by atoms with Crippen LogP contribution in [0.4, 0.5) is 0 Å². The van der Waals surface area contributed by atoms with Gasteiger partial charge in [0.1, 0.15) is 21.9 Å². The first kappa shape index (κ1) is 58.7. The third-order valence-corrected chi connectivity index (χ3v) is 20.2. The van der Waals surface area contributed by atoms with Crippen molar-refractivity contribution in [3.8, 4) is 0 Å². The van der Waals surface area contributed by atoms with Crippen LogP contribution in [0.5, 0.6) is 0 Å². The van der Waals surface area contributed by atoms with Crippen LogP contribution in [0.2, 0.25) is 37.3 Å². The van der Waals surface area contributed by atoms with Gasteiger partial charge in [0.15, 0.2) is 16.6 Å². The lowest BCUT2D eigenvalue weighted by molar-refractivity contribution is -0.156. The molecule has 0 aliphatic heterocycles. The molecule has 0 rings (SSSR count). The molecule has 14 heteroatoms. The fourth-order valence-electron chi connectivity index (χ4n) is 6.52. The highest BCUT2D eigenvalue weighted by atomic mass is 79.9. The summed E-state index contributed by atoms with van der Waals surface area (Å²) in [5.74, 6) is -1.52. The topological polar surface area (TPSA) is 124 Å². The van der Waals surface area contributed by atoms with Crippen LogP contribution >= 0.6 is 31.9 Å². The average molecular weight is 1010 g/mol. The van der Waals surface area contributed by atoms with Crippen molar-refractivity contribution < 1.29 is 47.0 Å². The van der Waals surface area contributed by atoms with Gasteiger partial charge in [-0.2, -0.15) is 0 Å². The van der Waals surface area contributed by atoms with Gasteiger partial charge >= 0.3 is 23.9 Å². The van der Waals surface area contributed by atoms with Crippen LogP contribution in [0.25, 0.3) is 0 Å². The van der Waals surface area contributed by atoms with E-state index >= 15 is 0 Å². The zero-order valence-electron chi connectivity index (χ0n) is 40.0. The van der Waals surface area contributed by atoms with E-state index in [0.717, 1.165) is 51.4 Å². The molecule has 0 spiro atoms. The second-order valence-electron chi connectivity index (χ2n) is 19.1. The number of halogens is 2. The van der Waals surface area contributed by atoms with Gasteiger partial charge in [0, 0.05) is 26.1 Å². The van der Waals surface area contributed by atoms with Crippen LogP contribution in [-0.4, -0.2) is 88.8 Å². The molecule has 0 fully saturated rings. The summed E-state index contributed by atoms with van der Waals surface area (Å²) in [6.07, 6.45) is 17.8. The Morgan fingerprint density at radius 2 is 0.833 bits per heavy atom. The molecule has 0 aliphatic carbocycles. The molecule has 0 saturated carbocycles. The summed E-state index contributed by atoms with van der Waals surface area (Å²) < 4.78 is 32.4. The Kier molecular flexibility index (Phi) is 27.8. The van der Waals surface area contributed by atoms with E-state index < -0.39 is 48.1 Å². The second-order valence-corrected chi connectivity index (χ2v) is 31.6. The number of carbonyl (C=O) groups excluding carboxylic acids is 4. The first-order chi connectivity index (χ1) is 27.7. The zero-order chi connectivity index (χ0) is 46.3. The van der Waals surface area contributed by atoms with Crippen molar-refractivity contribution >= 4 is 72.4 Å². The standard InChI is InChI=1S/C46H84Br2O10Si2/c1-15-37(3)59(11,12)57-33-27-31-55-41(51)45(9,47)35-43(5,6)39(49)53-29-25-23-21-19-17-18-20-22-24-26-30-54-40(50)44(7,8)36-46(10,48)42(52)56-32-28-34-58-60(13,14)38(4)16-2/h23-26,37-38H,15-22,27-36H2,1-14H3. The van der Waals surface area contributed by atoms with Crippen molar-refractivity contribution in [3.05, 3.63) is 24.3 Å². The lowest BCUT2D eigenvalue weighted by atomic mass is 9.83. The fourth-order valence-corrected chi connectivity index (χ4v) is 12.0. The van der Waals surface area contributed by atoms with E-state index in [9.17, 15) is 19.2 Å². The van der Waals surface area contributed by atoms with Crippen molar-refractivity contribution in [2.45, 2.75) is 192 Å². The molecule has 0 aromatic rings. The first-order valence-corrected chi connectivity index (χ1v) is 29.9. The van der Waals surface area contributed by atoms with Gasteiger partial charge in [0.05, 0.1) is 24.0 Å². The molecule has 4 atom stereocenters. The minimum atomic E-state index is -1.74. The molecule has 10 nitrogen and oxygen atoms in total. The summed E-state index contributed by atoms with van der Waals surface area (Å²) in [5.41, 5.74) is -0.647. The number of ether oxygens (including phenoxy) is 4. The molecular weight excluding hydrogens is 928 g/mol. The quantitative estimate of drug-likeness (QED) is 0.0157. The van der Waals surface area contributed by atoms with E-state index in [1.165, 1.54) is 0 Å². The number of esters is 4. The molecule has 0 amide bonds. The van der Waals surface area contributed by atoms with Gasteiger partial charge < -0.3 is 27.8 Å². The third-order valence-electron chi connectivity index (χ3n) is 11.5. The summed E-state index contributed by atoms with van der Waals surface area (Å²) in [5, 5.41) is 0. The number of hydrogen-bond acceptors (Lipinski definition) is 10. The van der Waals surface area contributed by atoms with Gasteiger partial charge in [-0.25, -0.2) is 0 Å². The third kappa shape index (κ3) is 23.9. The van der Waals surface area contributed by atoms with Crippen LogP contribution in [-0.2, 0) is 47.0 Å². The normalized spacial score (nSPS) is 15.9. The zero-order valence-corrected chi connectivity index (χ0v) is 45.2. The van der Waals surface area contributed by atoms with E-state index in [2.05, 4.69) is 85.7 Å². The maximum absolute atomic E-state index is 12.9. The number of alkyl halides is 2. The number of allylic oxidation sites excluding steroid dienone is 2. The van der Waals surface area contributed by atoms with Crippen molar-refractivity contribution in [1.29, 1.82) is 0 Å². The molecule has 0 bridgehead atoms. The van der Waals surface area contributed by atoms with E-state index in [1.807, 2.05) is 24.3 Å². The van der Waals surface area contributed by atoms with Crippen LogP contribution < -0.4 is 0 Å². The Morgan fingerprint density at radius 1 is 0.500 bits per heavy atom. The predicted octanol–water partition coefficient (Wildman–Crippen LogP) is 12.6. The Morgan fingerprint density at radius 3 is 1.15 bits per heavy atom. The Labute approximate surface area is 384 Å². The van der Waals surface area contributed by atoms with Crippen LogP contribution in [0.3, 0.4) is 0 Å². The van der Waals surface area contributed by atoms with Gasteiger partial charge in [0.2, 0.25) is 0 Å². The molecule has 0 aliphatic rings. The molecule has 0 aromatic heterocycles. The molecule has 0 N–H and O–H groups in total. The highest BCUT2D eigenvalue weighted by molar-refractivity contribution is 9.10. The molecular formula is C46H84Br2O10Si2. The summed E-state index contributed by atoms with van der Waals surface area (Å²) in [6, 6.07) is 0. The van der Waals surface area contributed by atoms with Gasteiger partial charge in [-0.1, -0.05) is 110 Å². The summed E-state index contributed by atoms with van der Waals surface area (Å²) >= 11 is 7.01. The molecule has 0 saturated heterocycles. The SMILES string of the molecule is CCC(C)[Si](C)(C)OCCCOC(=O)C(C)(Br)CC(C)(C)C(=O)OCC=CCCCCCCC=CCOC(=O)C(C)(C)CC(C)(Br)C(=O)OCCCO[Si](C)(C)C(C)CC. The lowest BCUT2D eigenvalue weighted by Crippen LogP contribution is -2.40. The molecule has 0 aromatic carbocycles. The first-order valence-electron chi connectivity index (χ1n) is 22.3. The number of carbonyl (C=O) groups is 4. The minimum Gasteiger partial charge on any atom is -0.465 e. The van der Waals surface area contributed by atoms with Gasteiger partial charge in [-0.3, -0.25) is 19.2 Å². The van der Waals surface area contributed by atoms with E-state index in [4.69, 9.17) is 27.8 Å². The van der Waals surface area contributed by atoms with Gasteiger partial charge in [-0.15, -0.1) is 0 Å². The summed E-state index contributed by atoms with van der Waals surface area (Å²) in [4.78, 5) is 51.4. The van der Waals surface area contributed by atoms with Gasteiger partial charge in [-0.05, 0) is 117 Å². The lowest BCUT2D eigenvalue weighted by Gasteiger charge is -2.30. The molecule has 350 valence electrons. The maximum Gasteiger partial charge on any atom is 0.322 e. The van der Waals surface area contributed by atoms with Crippen molar-refractivity contribution in [2.75, 3.05) is 39.6 Å². The molecule has 4 unspecified atom stereocenters. The van der Waals surface area contributed by atoms with Crippen molar-refractivity contribution in [2.24, 2.45) is 10.8 Å². The number of hydrogen-bond donors (Lipinski definition) is 0. The largest absolute Gasteiger partial charge is 0.465 e. The Balaban J connectivity index is 4.28. The maximum atomic E-state index is 12.9. The summed E-state index contributed by atoms with van der Waals surface area (Å²) in [6.45, 7) is 30.3. The van der Waals surface area contributed by atoms with E-state index in [0.29, 0.717) is 37.1 Å². The smallest absolute Gasteiger partial charge is 0.322 e. The predicted molar refractivity (Wildman–Crippen MR) is 257 cm³/mol. The number of unbranched alkanes of at least 4 members (excludes halogenated alkanes) is 5. The van der Waals surface area contributed by atoms with Gasteiger partial charge in [0.25, 0.3) is 0 Å². The number of rotatable bonds is 33. The van der Waals surface area contributed by atoms with E-state index in [1.54, 1.807) is 41.5 Å².